The lowest BCUT2D eigenvalue weighted by Gasteiger charge is -2.25. The van der Waals surface area contributed by atoms with Gasteiger partial charge in [0, 0.05) is 18.8 Å². The van der Waals surface area contributed by atoms with Crippen molar-refractivity contribution in [2.75, 3.05) is 18.4 Å². The van der Waals surface area contributed by atoms with Crippen LogP contribution >= 0.6 is 0 Å². The molecule has 1 aliphatic rings. The van der Waals surface area contributed by atoms with Crippen molar-refractivity contribution in [3.8, 4) is 0 Å². The molecule has 2 rings (SSSR count). The van der Waals surface area contributed by atoms with Crippen LogP contribution < -0.4 is 10.6 Å². The molecule has 0 aromatic heterocycles. The third-order valence-corrected chi connectivity index (χ3v) is 3.90. The number of nitrogens with one attached hydrogen (secondary N) is 2. The number of hydrogen-bond acceptors (Lipinski definition) is 2. The SMILES string of the molecule is CC(C)CCCCNC(=O)C1CNc2ccccc2C1. The van der Waals surface area contributed by atoms with E-state index in [-0.39, 0.29) is 11.8 Å². The Morgan fingerprint density at radius 3 is 2.95 bits per heavy atom. The Morgan fingerprint density at radius 1 is 1.35 bits per heavy atom. The molecule has 2 N–H and O–H groups in total. The average Bonchev–Trinajstić information content (AvgIpc) is 2.46. The molecule has 1 heterocycles. The van der Waals surface area contributed by atoms with E-state index in [9.17, 15) is 4.79 Å². The summed E-state index contributed by atoms with van der Waals surface area (Å²) in [6, 6.07) is 8.24. The fraction of sp³-hybridized carbons (Fsp3) is 0.588. The molecule has 1 amide bonds. The predicted octanol–water partition coefficient (Wildman–Crippen LogP) is 3.21. The van der Waals surface area contributed by atoms with Crippen molar-refractivity contribution in [3.63, 3.8) is 0 Å². The van der Waals surface area contributed by atoms with Gasteiger partial charge in [-0.15, -0.1) is 0 Å². The monoisotopic (exact) mass is 274 g/mol. The van der Waals surface area contributed by atoms with E-state index in [1.165, 1.54) is 24.1 Å². The van der Waals surface area contributed by atoms with Gasteiger partial charge >= 0.3 is 0 Å². The van der Waals surface area contributed by atoms with Crippen molar-refractivity contribution in [3.05, 3.63) is 29.8 Å². The molecular formula is C17H26N2O. The van der Waals surface area contributed by atoms with Crippen LogP contribution in [0.1, 0.15) is 38.7 Å². The number of unbranched alkanes of at least 4 members (excludes halogenated alkanes) is 1. The number of anilines is 1. The Bertz CT molecular complexity index is 442. The molecule has 0 fully saturated rings. The van der Waals surface area contributed by atoms with Crippen molar-refractivity contribution in [2.45, 2.75) is 39.5 Å². The number of hydrogen-bond donors (Lipinski definition) is 2. The van der Waals surface area contributed by atoms with Gasteiger partial charge in [-0.2, -0.15) is 0 Å². The zero-order valence-corrected chi connectivity index (χ0v) is 12.6. The van der Waals surface area contributed by atoms with Gasteiger partial charge in [-0.05, 0) is 30.4 Å². The van der Waals surface area contributed by atoms with E-state index in [0.29, 0.717) is 0 Å². The normalized spacial score (nSPS) is 17.4. The molecule has 1 aromatic rings. The topological polar surface area (TPSA) is 41.1 Å². The number of carbonyl (C=O) groups excluding carboxylic acids is 1. The molecular weight excluding hydrogens is 248 g/mol. The zero-order chi connectivity index (χ0) is 14.4. The standard InChI is InChI=1S/C17H26N2O/c1-13(2)7-5-6-10-18-17(20)15-11-14-8-3-4-9-16(14)19-12-15/h3-4,8-9,13,15,19H,5-7,10-12H2,1-2H3,(H,18,20). The van der Waals surface area contributed by atoms with Crippen LogP contribution in [-0.4, -0.2) is 19.0 Å². The first-order valence-electron chi connectivity index (χ1n) is 7.76. The van der Waals surface area contributed by atoms with Crippen molar-refractivity contribution >= 4 is 11.6 Å². The summed E-state index contributed by atoms with van der Waals surface area (Å²) < 4.78 is 0. The molecule has 3 heteroatoms. The molecule has 1 aromatic carbocycles. The fourth-order valence-corrected chi connectivity index (χ4v) is 2.66. The Labute approximate surface area is 122 Å². The lowest BCUT2D eigenvalue weighted by molar-refractivity contribution is -0.124. The van der Waals surface area contributed by atoms with E-state index in [4.69, 9.17) is 0 Å². The molecule has 0 saturated heterocycles. The zero-order valence-electron chi connectivity index (χ0n) is 12.6. The summed E-state index contributed by atoms with van der Waals surface area (Å²) in [7, 11) is 0. The van der Waals surface area contributed by atoms with Gasteiger partial charge in [0.2, 0.25) is 5.91 Å². The van der Waals surface area contributed by atoms with Gasteiger partial charge in [0.1, 0.15) is 0 Å². The number of benzene rings is 1. The van der Waals surface area contributed by atoms with E-state index in [2.05, 4.69) is 36.6 Å². The maximum absolute atomic E-state index is 12.2. The highest BCUT2D eigenvalue weighted by molar-refractivity contribution is 5.80. The number of fused-ring (bicyclic) bond motifs is 1. The molecule has 1 unspecified atom stereocenters. The summed E-state index contributed by atoms with van der Waals surface area (Å²) in [5, 5.41) is 6.43. The first-order chi connectivity index (χ1) is 9.66. The summed E-state index contributed by atoms with van der Waals surface area (Å²) in [4.78, 5) is 12.2. The molecule has 3 nitrogen and oxygen atoms in total. The highest BCUT2D eigenvalue weighted by Crippen LogP contribution is 2.24. The second kappa shape index (κ2) is 7.32. The van der Waals surface area contributed by atoms with Crippen LogP contribution in [-0.2, 0) is 11.2 Å². The highest BCUT2D eigenvalue weighted by Gasteiger charge is 2.23. The van der Waals surface area contributed by atoms with Gasteiger partial charge in [-0.3, -0.25) is 4.79 Å². The van der Waals surface area contributed by atoms with Gasteiger partial charge < -0.3 is 10.6 Å². The number of para-hydroxylation sites is 1. The first kappa shape index (κ1) is 14.9. The van der Waals surface area contributed by atoms with Gasteiger partial charge in [-0.25, -0.2) is 0 Å². The van der Waals surface area contributed by atoms with Crippen molar-refractivity contribution in [1.82, 2.24) is 5.32 Å². The number of rotatable bonds is 6. The van der Waals surface area contributed by atoms with Crippen LogP contribution in [0.25, 0.3) is 0 Å². The van der Waals surface area contributed by atoms with Crippen molar-refractivity contribution < 1.29 is 4.79 Å². The van der Waals surface area contributed by atoms with Crippen LogP contribution in [0.4, 0.5) is 5.69 Å². The van der Waals surface area contributed by atoms with Crippen LogP contribution in [0.5, 0.6) is 0 Å². The van der Waals surface area contributed by atoms with Crippen LogP contribution in [0.15, 0.2) is 24.3 Å². The second-order valence-corrected chi connectivity index (χ2v) is 6.12. The summed E-state index contributed by atoms with van der Waals surface area (Å²) in [5.74, 6) is 1.01. The summed E-state index contributed by atoms with van der Waals surface area (Å²) >= 11 is 0. The van der Waals surface area contributed by atoms with Crippen molar-refractivity contribution in [2.24, 2.45) is 11.8 Å². The van der Waals surface area contributed by atoms with Gasteiger partial charge in [0.25, 0.3) is 0 Å². The molecule has 0 bridgehead atoms. The lowest BCUT2D eigenvalue weighted by Crippen LogP contribution is -2.38. The molecule has 1 atom stereocenters. The third kappa shape index (κ3) is 4.26. The minimum absolute atomic E-state index is 0.0648. The minimum atomic E-state index is 0.0648. The summed E-state index contributed by atoms with van der Waals surface area (Å²) in [6.07, 6.45) is 4.37. The van der Waals surface area contributed by atoms with Crippen LogP contribution in [0, 0.1) is 11.8 Å². The fourth-order valence-electron chi connectivity index (χ4n) is 2.66. The van der Waals surface area contributed by atoms with Crippen molar-refractivity contribution in [1.29, 1.82) is 0 Å². The van der Waals surface area contributed by atoms with Crippen LogP contribution in [0.2, 0.25) is 0 Å². The number of amides is 1. The van der Waals surface area contributed by atoms with E-state index in [1.54, 1.807) is 0 Å². The molecule has 0 saturated carbocycles. The summed E-state index contributed by atoms with van der Waals surface area (Å²) in [6.45, 7) is 6.03. The summed E-state index contributed by atoms with van der Waals surface area (Å²) in [5.41, 5.74) is 2.42. The lowest BCUT2D eigenvalue weighted by atomic mass is 9.93. The highest BCUT2D eigenvalue weighted by atomic mass is 16.1. The minimum Gasteiger partial charge on any atom is -0.384 e. The smallest absolute Gasteiger partial charge is 0.225 e. The molecule has 110 valence electrons. The molecule has 0 radical (unpaired) electrons. The Kier molecular flexibility index (Phi) is 5.45. The van der Waals surface area contributed by atoms with Gasteiger partial charge in [0.15, 0.2) is 0 Å². The van der Waals surface area contributed by atoms with E-state index in [1.807, 2.05) is 12.1 Å². The van der Waals surface area contributed by atoms with E-state index in [0.717, 1.165) is 31.8 Å². The Balaban J connectivity index is 1.72. The predicted molar refractivity (Wildman–Crippen MR) is 83.8 cm³/mol. The van der Waals surface area contributed by atoms with E-state index < -0.39 is 0 Å². The van der Waals surface area contributed by atoms with E-state index >= 15 is 0 Å². The maximum Gasteiger partial charge on any atom is 0.225 e. The van der Waals surface area contributed by atoms with Gasteiger partial charge in [0.05, 0.1) is 5.92 Å². The quantitative estimate of drug-likeness (QED) is 0.782. The largest absolute Gasteiger partial charge is 0.384 e. The third-order valence-electron chi connectivity index (χ3n) is 3.90. The molecule has 1 aliphatic heterocycles. The second-order valence-electron chi connectivity index (χ2n) is 6.12. The number of carbonyl (C=O) groups is 1. The maximum atomic E-state index is 12.2. The average molecular weight is 274 g/mol. The Morgan fingerprint density at radius 2 is 2.15 bits per heavy atom. The molecule has 20 heavy (non-hydrogen) atoms. The Hall–Kier alpha value is -1.51. The molecule has 0 spiro atoms. The molecule has 0 aliphatic carbocycles. The van der Waals surface area contributed by atoms with Crippen LogP contribution in [0.3, 0.4) is 0 Å². The van der Waals surface area contributed by atoms with Gasteiger partial charge in [-0.1, -0.05) is 44.9 Å². The first-order valence-corrected chi connectivity index (χ1v) is 7.76.